The van der Waals surface area contributed by atoms with E-state index < -0.39 is 0 Å². The minimum Gasteiger partial charge on any atom is -0.310 e. The van der Waals surface area contributed by atoms with E-state index in [2.05, 4.69) is 43.4 Å². The number of hydrogen-bond donors (Lipinski definition) is 1. The van der Waals surface area contributed by atoms with E-state index in [-0.39, 0.29) is 0 Å². The van der Waals surface area contributed by atoms with Gasteiger partial charge in [0.15, 0.2) is 0 Å². The first kappa shape index (κ1) is 13.9. The first-order valence-electron chi connectivity index (χ1n) is 7.11. The lowest BCUT2D eigenvalue weighted by Crippen LogP contribution is -2.32. The van der Waals surface area contributed by atoms with Crippen molar-refractivity contribution < 1.29 is 0 Å². The van der Waals surface area contributed by atoms with Crippen molar-refractivity contribution >= 4 is 11.6 Å². The second-order valence-corrected chi connectivity index (χ2v) is 6.34. The number of rotatable bonds is 4. The molecule has 1 N–H and O–H groups in total. The van der Waals surface area contributed by atoms with E-state index in [1.165, 1.54) is 24.0 Å². The zero-order valence-electron chi connectivity index (χ0n) is 11.5. The van der Waals surface area contributed by atoms with E-state index in [1.54, 1.807) is 0 Å². The predicted octanol–water partition coefficient (Wildman–Crippen LogP) is 4.45. The summed E-state index contributed by atoms with van der Waals surface area (Å²) in [5, 5.41) is 4.06. The number of benzene rings is 1. The van der Waals surface area contributed by atoms with Crippen molar-refractivity contribution in [3.63, 3.8) is 0 Å². The fourth-order valence-electron chi connectivity index (χ4n) is 2.54. The van der Waals surface area contributed by atoms with E-state index in [1.807, 2.05) is 0 Å². The molecule has 0 aliphatic heterocycles. The van der Waals surface area contributed by atoms with E-state index in [0.29, 0.717) is 17.3 Å². The molecule has 1 fully saturated rings. The molecule has 0 amide bonds. The molecule has 1 saturated carbocycles. The van der Waals surface area contributed by atoms with E-state index in [4.69, 9.17) is 11.6 Å². The third kappa shape index (κ3) is 4.00. The Labute approximate surface area is 116 Å². The van der Waals surface area contributed by atoms with Gasteiger partial charge in [0.2, 0.25) is 0 Å². The van der Waals surface area contributed by atoms with Crippen LogP contribution in [0.4, 0.5) is 0 Å². The van der Waals surface area contributed by atoms with E-state index >= 15 is 0 Å². The Bertz CT molecular complexity index is 350. The van der Waals surface area contributed by atoms with Crippen LogP contribution in [0.2, 0.25) is 0 Å². The molecule has 1 aromatic carbocycles. The smallest absolute Gasteiger partial charge is 0.0337 e. The first-order chi connectivity index (χ1) is 8.65. The van der Waals surface area contributed by atoms with Crippen molar-refractivity contribution in [2.75, 3.05) is 0 Å². The Morgan fingerprint density at radius 3 is 2.28 bits per heavy atom. The van der Waals surface area contributed by atoms with Crippen LogP contribution in [0, 0.1) is 0 Å². The molecule has 2 rings (SSSR count). The molecular weight excluding hydrogens is 242 g/mol. The van der Waals surface area contributed by atoms with Gasteiger partial charge in [0.05, 0.1) is 0 Å². The van der Waals surface area contributed by atoms with Crippen LogP contribution in [-0.4, -0.2) is 11.4 Å². The molecule has 0 bridgehead atoms. The Morgan fingerprint density at radius 1 is 1.11 bits per heavy atom. The SMILES string of the molecule is CC(C)c1ccc(CNC2CCC(Cl)CC2)cc1. The highest BCUT2D eigenvalue weighted by Crippen LogP contribution is 2.23. The number of alkyl halides is 1. The highest BCUT2D eigenvalue weighted by molar-refractivity contribution is 6.20. The largest absolute Gasteiger partial charge is 0.310 e. The highest BCUT2D eigenvalue weighted by Gasteiger charge is 2.18. The summed E-state index contributed by atoms with van der Waals surface area (Å²) in [6, 6.07) is 9.64. The van der Waals surface area contributed by atoms with Gasteiger partial charge in [-0.2, -0.15) is 0 Å². The van der Waals surface area contributed by atoms with E-state index in [0.717, 1.165) is 19.4 Å². The molecule has 0 aromatic heterocycles. The zero-order chi connectivity index (χ0) is 13.0. The van der Waals surface area contributed by atoms with Crippen molar-refractivity contribution in [2.24, 2.45) is 0 Å². The molecule has 0 unspecified atom stereocenters. The van der Waals surface area contributed by atoms with Crippen LogP contribution in [-0.2, 0) is 6.54 Å². The normalized spacial score (nSPS) is 24.4. The molecule has 0 spiro atoms. The van der Waals surface area contributed by atoms with Crippen LogP contribution in [0.3, 0.4) is 0 Å². The first-order valence-corrected chi connectivity index (χ1v) is 7.55. The Hall–Kier alpha value is -0.530. The second kappa shape index (κ2) is 6.58. The van der Waals surface area contributed by atoms with Gasteiger partial charge in [0, 0.05) is 18.0 Å². The molecule has 1 aliphatic rings. The molecule has 100 valence electrons. The quantitative estimate of drug-likeness (QED) is 0.793. The van der Waals surface area contributed by atoms with Crippen molar-refractivity contribution in [2.45, 2.75) is 63.4 Å². The lowest BCUT2D eigenvalue weighted by atomic mass is 9.95. The van der Waals surface area contributed by atoms with Crippen molar-refractivity contribution in [1.29, 1.82) is 0 Å². The van der Waals surface area contributed by atoms with Crippen LogP contribution >= 0.6 is 11.6 Å². The number of hydrogen-bond acceptors (Lipinski definition) is 1. The van der Waals surface area contributed by atoms with Gasteiger partial charge in [-0.25, -0.2) is 0 Å². The van der Waals surface area contributed by atoms with Crippen LogP contribution in [0.5, 0.6) is 0 Å². The summed E-state index contributed by atoms with van der Waals surface area (Å²) in [6.07, 6.45) is 4.76. The molecule has 1 aromatic rings. The van der Waals surface area contributed by atoms with Crippen LogP contribution in [0.25, 0.3) is 0 Å². The van der Waals surface area contributed by atoms with Gasteiger partial charge in [-0.05, 0) is 42.7 Å². The Kier molecular flexibility index (Phi) is 5.08. The Balaban J connectivity index is 1.79. The Morgan fingerprint density at radius 2 is 1.72 bits per heavy atom. The molecule has 0 saturated heterocycles. The lowest BCUT2D eigenvalue weighted by Gasteiger charge is -2.26. The summed E-state index contributed by atoms with van der Waals surface area (Å²) >= 11 is 6.12. The van der Waals surface area contributed by atoms with E-state index in [9.17, 15) is 0 Å². The maximum absolute atomic E-state index is 6.12. The molecular formula is C16H24ClN. The van der Waals surface area contributed by atoms with Crippen LogP contribution in [0.1, 0.15) is 56.6 Å². The third-order valence-electron chi connectivity index (χ3n) is 3.90. The summed E-state index contributed by atoms with van der Waals surface area (Å²) in [7, 11) is 0. The number of halogens is 1. The highest BCUT2D eigenvalue weighted by atomic mass is 35.5. The molecule has 0 heterocycles. The van der Waals surface area contributed by atoms with Crippen molar-refractivity contribution in [3.8, 4) is 0 Å². The summed E-state index contributed by atoms with van der Waals surface area (Å²) in [6.45, 7) is 5.45. The minimum atomic E-state index is 0.411. The van der Waals surface area contributed by atoms with Crippen LogP contribution < -0.4 is 5.32 Å². The van der Waals surface area contributed by atoms with Crippen molar-refractivity contribution in [3.05, 3.63) is 35.4 Å². The monoisotopic (exact) mass is 265 g/mol. The molecule has 1 aliphatic carbocycles. The van der Waals surface area contributed by atoms with Gasteiger partial charge in [0.25, 0.3) is 0 Å². The molecule has 0 radical (unpaired) electrons. The molecule has 2 heteroatoms. The topological polar surface area (TPSA) is 12.0 Å². The van der Waals surface area contributed by atoms with Gasteiger partial charge in [0.1, 0.15) is 0 Å². The fourth-order valence-corrected chi connectivity index (χ4v) is 2.79. The maximum Gasteiger partial charge on any atom is 0.0337 e. The van der Waals surface area contributed by atoms with Gasteiger partial charge < -0.3 is 5.32 Å². The summed E-state index contributed by atoms with van der Waals surface area (Å²) in [5.74, 6) is 0.617. The average Bonchev–Trinajstić information content (AvgIpc) is 2.38. The molecule has 0 atom stereocenters. The predicted molar refractivity (Wildman–Crippen MR) is 79.3 cm³/mol. The van der Waals surface area contributed by atoms with Gasteiger partial charge in [-0.15, -0.1) is 11.6 Å². The van der Waals surface area contributed by atoms with Gasteiger partial charge in [-0.1, -0.05) is 38.1 Å². The third-order valence-corrected chi connectivity index (χ3v) is 4.33. The zero-order valence-corrected chi connectivity index (χ0v) is 12.2. The molecule has 18 heavy (non-hydrogen) atoms. The van der Waals surface area contributed by atoms with Crippen LogP contribution in [0.15, 0.2) is 24.3 Å². The van der Waals surface area contributed by atoms with Gasteiger partial charge >= 0.3 is 0 Å². The van der Waals surface area contributed by atoms with Crippen molar-refractivity contribution in [1.82, 2.24) is 5.32 Å². The standard InChI is InChI=1S/C16H24ClN/c1-12(2)14-5-3-13(4-6-14)11-18-16-9-7-15(17)8-10-16/h3-6,12,15-16,18H,7-11H2,1-2H3. The fraction of sp³-hybridized carbons (Fsp3) is 0.625. The maximum atomic E-state index is 6.12. The summed E-state index contributed by atoms with van der Waals surface area (Å²) in [5.41, 5.74) is 2.80. The lowest BCUT2D eigenvalue weighted by molar-refractivity contribution is 0.376. The molecule has 1 nitrogen and oxygen atoms in total. The summed E-state index contributed by atoms with van der Waals surface area (Å²) in [4.78, 5) is 0. The minimum absolute atomic E-state index is 0.411. The summed E-state index contributed by atoms with van der Waals surface area (Å²) < 4.78 is 0. The average molecular weight is 266 g/mol. The second-order valence-electron chi connectivity index (χ2n) is 5.73. The van der Waals surface area contributed by atoms with Gasteiger partial charge in [-0.3, -0.25) is 0 Å². The number of nitrogens with one attached hydrogen (secondary N) is 1.